The molecule has 1 saturated heterocycles. The van der Waals surface area contributed by atoms with Gasteiger partial charge in [-0.15, -0.1) is 10.2 Å². The first kappa shape index (κ1) is 21.0. The SMILES string of the molecule is Cc1cc(Nc2cc(-c3nnc(C)o3)nc(N3CCCC3c3cc(-c4ccccn4)no3)n2)n[nH]1. The molecule has 0 saturated carbocycles. The molecule has 1 fully saturated rings. The fourth-order valence-corrected chi connectivity index (χ4v) is 4.13. The summed E-state index contributed by atoms with van der Waals surface area (Å²) >= 11 is 0. The van der Waals surface area contributed by atoms with E-state index in [4.69, 9.17) is 18.9 Å². The molecular formula is C23H22N10O2. The number of rotatable bonds is 6. The van der Waals surface area contributed by atoms with Crippen LogP contribution in [-0.4, -0.2) is 47.0 Å². The van der Waals surface area contributed by atoms with Gasteiger partial charge in [-0.25, -0.2) is 4.98 Å². The molecule has 12 nitrogen and oxygen atoms in total. The standard InChI is InChI=1S/C23H22N10O2/c1-13-10-21(30-28-13)26-20-12-17(22-31-29-14(2)34-22)25-23(27-20)33-9-5-7-18(33)19-11-16(32-35-19)15-6-3-4-8-24-15/h3-4,6,8,10-12,18H,5,7,9H2,1-2H3,(H2,25,26,27,28,30). The van der Waals surface area contributed by atoms with Gasteiger partial charge in [-0.2, -0.15) is 10.1 Å². The predicted molar refractivity (Wildman–Crippen MR) is 126 cm³/mol. The summed E-state index contributed by atoms with van der Waals surface area (Å²) in [5, 5.41) is 22.7. The maximum Gasteiger partial charge on any atom is 0.266 e. The Morgan fingerprint density at radius 2 is 1.97 bits per heavy atom. The third-order valence-electron chi connectivity index (χ3n) is 5.72. The summed E-state index contributed by atoms with van der Waals surface area (Å²) in [6, 6.07) is 11.2. The molecule has 0 amide bonds. The lowest BCUT2D eigenvalue weighted by Crippen LogP contribution is -2.25. The number of anilines is 3. The van der Waals surface area contributed by atoms with E-state index in [1.807, 2.05) is 37.3 Å². The Kier molecular flexibility index (Phi) is 5.17. The maximum atomic E-state index is 5.74. The minimum atomic E-state index is -0.0693. The molecule has 6 heterocycles. The van der Waals surface area contributed by atoms with Crippen molar-refractivity contribution in [3.05, 3.63) is 59.9 Å². The Hall–Kier alpha value is -4.61. The smallest absolute Gasteiger partial charge is 0.266 e. The van der Waals surface area contributed by atoms with Crippen LogP contribution in [0.2, 0.25) is 0 Å². The molecule has 0 spiro atoms. The lowest BCUT2D eigenvalue weighted by Gasteiger charge is -2.23. The molecule has 0 bridgehead atoms. The average molecular weight is 470 g/mol. The van der Waals surface area contributed by atoms with E-state index < -0.39 is 0 Å². The van der Waals surface area contributed by atoms with Crippen molar-refractivity contribution in [1.82, 2.24) is 40.5 Å². The van der Waals surface area contributed by atoms with Gasteiger partial charge in [0.05, 0.1) is 11.7 Å². The van der Waals surface area contributed by atoms with Crippen molar-refractivity contribution in [2.75, 3.05) is 16.8 Å². The van der Waals surface area contributed by atoms with Crippen LogP contribution in [0.15, 0.2) is 51.5 Å². The second-order valence-corrected chi connectivity index (χ2v) is 8.31. The van der Waals surface area contributed by atoms with E-state index in [9.17, 15) is 0 Å². The summed E-state index contributed by atoms with van der Waals surface area (Å²) in [6.45, 7) is 4.43. The highest BCUT2D eigenvalue weighted by Crippen LogP contribution is 2.37. The van der Waals surface area contributed by atoms with Crippen LogP contribution in [0, 0.1) is 13.8 Å². The Bertz CT molecular complexity index is 1460. The minimum absolute atomic E-state index is 0.0693. The van der Waals surface area contributed by atoms with Gasteiger partial charge in [0.25, 0.3) is 5.89 Å². The summed E-state index contributed by atoms with van der Waals surface area (Å²) in [6.07, 6.45) is 3.57. The lowest BCUT2D eigenvalue weighted by molar-refractivity contribution is 0.362. The Labute approximate surface area is 199 Å². The van der Waals surface area contributed by atoms with Gasteiger partial charge in [0.15, 0.2) is 11.6 Å². The van der Waals surface area contributed by atoms with Crippen molar-refractivity contribution in [3.8, 4) is 23.0 Å². The second kappa shape index (κ2) is 8.63. The van der Waals surface area contributed by atoms with Crippen molar-refractivity contribution in [2.45, 2.75) is 32.7 Å². The Balaban J connectivity index is 1.36. The largest absolute Gasteiger partial charge is 0.420 e. The predicted octanol–water partition coefficient (Wildman–Crippen LogP) is 4.00. The molecule has 5 aromatic rings. The highest BCUT2D eigenvalue weighted by atomic mass is 16.5. The molecule has 0 aliphatic carbocycles. The number of H-pyrrole nitrogens is 1. The van der Waals surface area contributed by atoms with Crippen LogP contribution in [0.3, 0.4) is 0 Å². The molecule has 0 aromatic carbocycles. The number of aromatic amines is 1. The van der Waals surface area contributed by atoms with Gasteiger partial charge in [-0.1, -0.05) is 11.2 Å². The second-order valence-electron chi connectivity index (χ2n) is 8.31. The van der Waals surface area contributed by atoms with Gasteiger partial charge in [0.1, 0.15) is 17.2 Å². The van der Waals surface area contributed by atoms with E-state index in [2.05, 4.69) is 40.8 Å². The van der Waals surface area contributed by atoms with Crippen LogP contribution in [0.25, 0.3) is 23.0 Å². The molecule has 6 rings (SSSR count). The molecule has 0 radical (unpaired) electrons. The number of hydrogen-bond donors (Lipinski definition) is 2. The molecule has 1 unspecified atom stereocenters. The van der Waals surface area contributed by atoms with E-state index >= 15 is 0 Å². The van der Waals surface area contributed by atoms with Crippen molar-refractivity contribution >= 4 is 17.6 Å². The minimum Gasteiger partial charge on any atom is -0.420 e. The van der Waals surface area contributed by atoms with E-state index in [-0.39, 0.29) is 6.04 Å². The fourth-order valence-electron chi connectivity index (χ4n) is 4.13. The van der Waals surface area contributed by atoms with Gasteiger partial charge >= 0.3 is 0 Å². The topological polar surface area (TPSA) is 148 Å². The molecule has 12 heteroatoms. The number of hydrogen-bond acceptors (Lipinski definition) is 11. The zero-order valence-corrected chi connectivity index (χ0v) is 19.1. The molecule has 1 aliphatic heterocycles. The van der Waals surface area contributed by atoms with Crippen LogP contribution in [-0.2, 0) is 0 Å². The zero-order chi connectivity index (χ0) is 23.8. The maximum absolute atomic E-state index is 5.74. The van der Waals surface area contributed by atoms with E-state index in [0.717, 1.165) is 36.5 Å². The summed E-state index contributed by atoms with van der Waals surface area (Å²) in [5.41, 5.74) is 2.91. The van der Waals surface area contributed by atoms with Crippen molar-refractivity contribution in [2.24, 2.45) is 0 Å². The van der Waals surface area contributed by atoms with Crippen LogP contribution in [0.5, 0.6) is 0 Å². The van der Waals surface area contributed by atoms with Gasteiger partial charge in [0, 0.05) is 43.6 Å². The molecule has 5 aromatic heterocycles. The van der Waals surface area contributed by atoms with Gasteiger partial charge in [-0.3, -0.25) is 10.1 Å². The highest BCUT2D eigenvalue weighted by molar-refractivity contribution is 5.62. The fraction of sp³-hybridized carbons (Fsp3) is 0.261. The molecule has 35 heavy (non-hydrogen) atoms. The quantitative estimate of drug-likeness (QED) is 0.371. The normalized spacial score (nSPS) is 15.6. The first-order valence-electron chi connectivity index (χ1n) is 11.3. The summed E-state index contributed by atoms with van der Waals surface area (Å²) < 4.78 is 11.4. The van der Waals surface area contributed by atoms with E-state index in [1.54, 1.807) is 19.2 Å². The van der Waals surface area contributed by atoms with Gasteiger partial charge in [-0.05, 0) is 31.9 Å². The Morgan fingerprint density at radius 1 is 1.03 bits per heavy atom. The van der Waals surface area contributed by atoms with Crippen molar-refractivity contribution in [1.29, 1.82) is 0 Å². The first-order chi connectivity index (χ1) is 17.1. The molecule has 1 atom stereocenters. The first-order valence-corrected chi connectivity index (χ1v) is 11.3. The number of aryl methyl sites for hydroxylation is 2. The van der Waals surface area contributed by atoms with Gasteiger partial charge < -0.3 is 19.2 Å². The molecule has 1 aliphatic rings. The number of pyridine rings is 1. The summed E-state index contributed by atoms with van der Waals surface area (Å²) in [5.74, 6) is 3.24. The van der Waals surface area contributed by atoms with Gasteiger partial charge in [0.2, 0.25) is 11.8 Å². The third kappa shape index (κ3) is 4.21. The summed E-state index contributed by atoms with van der Waals surface area (Å²) in [7, 11) is 0. The number of nitrogens with zero attached hydrogens (tertiary/aromatic N) is 8. The van der Waals surface area contributed by atoms with E-state index in [1.165, 1.54) is 0 Å². The van der Waals surface area contributed by atoms with Crippen molar-refractivity contribution < 1.29 is 8.94 Å². The third-order valence-corrected chi connectivity index (χ3v) is 5.72. The highest BCUT2D eigenvalue weighted by Gasteiger charge is 2.32. The average Bonchev–Trinajstić information content (AvgIpc) is 3.67. The zero-order valence-electron chi connectivity index (χ0n) is 19.1. The molecule has 2 N–H and O–H groups in total. The van der Waals surface area contributed by atoms with Crippen LogP contribution >= 0.6 is 0 Å². The lowest BCUT2D eigenvalue weighted by atomic mass is 10.1. The van der Waals surface area contributed by atoms with Crippen LogP contribution in [0.1, 0.15) is 36.2 Å². The van der Waals surface area contributed by atoms with Crippen LogP contribution in [0.4, 0.5) is 17.6 Å². The van der Waals surface area contributed by atoms with Crippen molar-refractivity contribution in [3.63, 3.8) is 0 Å². The molecular weight excluding hydrogens is 448 g/mol. The van der Waals surface area contributed by atoms with E-state index in [0.29, 0.717) is 40.8 Å². The van der Waals surface area contributed by atoms with Crippen LogP contribution < -0.4 is 10.2 Å². The molecule has 176 valence electrons. The number of aromatic nitrogens is 8. The monoisotopic (exact) mass is 470 g/mol. The Morgan fingerprint density at radius 3 is 2.74 bits per heavy atom. The number of nitrogens with one attached hydrogen (secondary N) is 2. The summed E-state index contributed by atoms with van der Waals surface area (Å²) in [4.78, 5) is 16.0.